The van der Waals surface area contributed by atoms with E-state index in [4.69, 9.17) is 4.74 Å². The van der Waals surface area contributed by atoms with Crippen molar-refractivity contribution in [3.63, 3.8) is 0 Å². The third kappa shape index (κ3) is 2.87. The summed E-state index contributed by atoms with van der Waals surface area (Å²) >= 11 is 0. The lowest BCUT2D eigenvalue weighted by molar-refractivity contribution is 0.0971. The number of carbonyl (C=O) groups is 1. The molecule has 0 radical (unpaired) electrons. The Bertz CT molecular complexity index is 422. The normalized spacial score (nSPS) is 22.8. The Hall–Kier alpha value is -1.88. The predicted molar refractivity (Wildman–Crippen MR) is 67.5 cm³/mol. The van der Waals surface area contributed by atoms with Crippen LogP contribution in [0, 0.1) is 0 Å². The SMILES string of the molecule is C=N[C@H]1CN(C(=O)OCc2ccccc2)C[C@@H]1O. The van der Waals surface area contributed by atoms with Crippen molar-refractivity contribution in [3.8, 4) is 0 Å². The van der Waals surface area contributed by atoms with Crippen LogP contribution in [-0.4, -0.2) is 48.1 Å². The molecule has 1 aliphatic heterocycles. The minimum Gasteiger partial charge on any atom is -0.445 e. The minimum absolute atomic E-state index is 0.235. The molecule has 0 aliphatic carbocycles. The van der Waals surface area contributed by atoms with Crippen molar-refractivity contribution in [1.29, 1.82) is 0 Å². The molecule has 18 heavy (non-hydrogen) atoms. The maximum Gasteiger partial charge on any atom is 0.410 e. The van der Waals surface area contributed by atoms with Crippen molar-refractivity contribution in [2.45, 2.75) is 18.8 Å². The lowest BCUT2D eigenvalue weighted by Crippen LogP contribution is -2.30. The number of hydrogen-bond acceptors (Lipinski definition) is 4. The van der Waals surface area contributed by atoms with Gasteiger partial charge in [-0.3, -0.25) is 4.99 Å². The Balaban J connectivity index is 1.84. The molecule has 1 aromatic rings. The first-order valence-corrected chi connectivity index (χ1v) is 5.80. The molecule has 1 fully saturated rings. The minimum atomic E-state index is -0.647. The van der Waals surface area contributed by atoms with Gasteiger partial charge in [0.05, 0.1) is 18.7 Å². The van der Waals surface area contributed by atoms with Gasteiger partial charge in [-0.05, 0) is 12.3 Å². The van der Waals surface area contributed by atoms with E-state index in [1.54, 1.807) is 0 Å². The number of amides is 1. The summed E-state index contributed by atoms with van der Waals surface area (Å²) in [7, 11) is 0. The second-order valence-corrected chi connectivity index (χ2v) is 4.26. The zero-order valence-corrected chi connectivity index (χ0v) is 10.0. The van der Waals surface area contributed by atoms with Crippen LogP contribution >= 0.6 is 0 Å². The fourth-order valence-electron chi connectivity index (χ4n) is 1.91. The van der Waals surface area contributed by atoms with E-state index in [0.29, 0.717) is 6.54 Å². The zero-order chi connectivity index (χ0) is 13.0. The van der Waals surface area contributed by atoms with Crippen molar-refractivity contribution in [2.75, 3.05) is 13.1 Å². The standard InChI is InChI=1S/C13H16N2O3/c1-14-11-7-15(8-12(11)16)13(17)18-9-10-5-3-2-4-6-10/h2-6,11-12,16H,1,7-9H2/t11-,12-/m0/s1. The summed E-state index contributed by atoms with van der Waals surface area (Å²) in [6.45, 7) is 4.23. The Morgan fingerprint density at radius 2 is 2.17 bits per heavy atom. The third-order valence-corrected chi connectivity index (χ3v) is 2.96. The van der Waals surface area contributed by atoms with Crippen LogP contribution in [-0.2, 0) is 11.3 Å². The molecular weight excluding hydrogens is 232 g/mol. The average molecular weight is 248 g/mol. The number of rotatable bonds is 3. The zero-order valence-electron chi connectivity index (χ0n) is 10.0. The van der Waals surface area contributed by atoms with Crippen LogP contribution in [0.15, 0.2) is 35.3 Å². The highest BCUT2D eigenvalue weighted by Gasteiger charge is 2.33. The first-order valence-electron chi connectivity index (χ1n) is 5.80. The summed E-state index contributed by atoms with van der Waals surface area (Å²) in [6, 6.07) is 9.15. The van der Waals surface area contributed by atoms with Crippen molar-refractivity contribution < 1.29 is 14.6 Å². The number of benzene rings is 1. The molecule has 0 saturated carbocycles. The second-order valence-electron chi connectivity index (χ2n) is 4.26. The highest BCUT2D eigenvalue weighted by atomic mass is 16.6. The van der Waals surface area contributed by atoms with Crippen molar-refractivity contribution >= 4 is 12.8 Å². The van der Waals surface area contributed by atoms with Gasteiger partial charge in [-0.25, -0.2) is 4.79 Å². The van der Waals surface area contributed by atoms with Gasteiger partial charge in [0.15, 0.2) is 0 Å². The molecule has 1 N–H and O–H groups in total. The summed E-state index contributed by atoms with van der Waals surface area (Å²) < 4.78 is 5.17. The molecule has 0 aromatic heterocycles. The van der Waals surface area contributed by atoms with E-state index in [9.17, 15) is 9.90 Å². The molecule has 5 heteroatoms. The van der Waals surface area contributed by atoms with Crippen LogP contribution in [0.1, 0.15) is 5.56 Å². The summed E-state index contributed by atoms with van der Waals surface area (Å²) in [5.41, 5.74) is 0.934. The predicted octanol–water partition coefficient (Wildman–Crippen LogP) is 1.07. The van der Waals surface area contributed by atoms with Gasteiger partial charge in [0.2, 0.25) is 0 Å². The number of ether oxygens (including phenoxy) is 1. The van der Waals surface area contributed by atoms with E-state index in [0.717, 1.165) is 5.56 Å². The van der Waals surface area contributed by atoms with E-state index < -0.39 is 12.2 Å². The van der Waals surface area contributed by atoms with E-state index >= 15 is 0 Å². The molecule has 1 amide bonds. The van der Waals surface area contributed by atoms with Crippen molar-refractivity contribution in [1.82, 2.24) is 4.90 Å². The monoisotopic (exact) mass is 248 g/mol. The van der Waals surface area contributed by atoms with E-state index in [1.165, 1.54) is 4.90 Å². The highest BCUT2D eigenvalue weighted by Crippen LogP contribution is 2.14. The number of carbonyl (C=O) groups excluding carboxylic acids is 1. The van der Waals surface area contributed by atoms with E-state index in [-0.39, 0.29) is 19.2 Å². The number of aliphatic hydroxyl groups is 1. The molecule has 0 spiro atoms. The maximum atomic E-state index is 11.8. The molecule has 1 aromatic carbocycles. The smallest absolute Gasteiger partial charge is 0.410 e. The van der Waals surface area contributed by atoms with Crippen molar-refractivity contribution in [3.05, 3.63) is 35.9 Å². The van der Waals surface area contributed by atoms with Gasteiger partial charge < -0.3 is 14.7 Å². The van der Waals surface area contributed by atoms with Crippen LogP contribution in [0.2, 0.25) is 0 Å². The van der Waals surface area contributed by atoms with Gasteiger partial charge in [-0.1, -0.05) is 30.3 Å². The topological polar surface area (TPSA) is 62.1 Å². The highest BCUT2D eigenvalue weighted by molar-refractivity contribution is 5.68. The van der Waals surface area contributed by atoms with Gasteiger partial charge in [-0.2, -0.15) is 0 Å². The molecule has 1 heterocycles. The summed E-state index contributed by atoms with van der Waals surface area (Å²) in [5.74, 6) is 0. The fraction of sp³-hybridized carbons (Fsp3) is 0.385. The Morgan fingerprint density at radius 3 is 2.78 bits per heavy atom. The number of hydrogen-bond donors (Lipinski definition) is 1. The Labute approximate surface area is 106 Å². The molecule has 2 rings (SSSR count). The Morgan fingerprint density at radius 1 is 1.44 bits per heavy atom. The number of aliphatic imine (C=N–C) groups is 1. The van der Waals surface area contributed by atoms with Crippen molar-refractivity contribution in [2.24, 2.45) is 4.99 Å². The molecule has 5 nitrogen and oxygen atoms in total. The van der Waals surface area contributed by atoms with Crippen LogP contribution in [0.3, 0.4) is 0 Å². The Kier molecular flexibility index (Phi) is 3.94. The molecule has 2 atom stereocenters. The van der Waals surface area contributed by atoms with Crippen LogP contribution in [0.5, 0.6) is 0 Å². The fourth-order valence-corrected chi connectivity index (χ4v) is 1.91. The lowest BCUT2D eigenvalue weighted by atomic mass is 10.2. The van der Waals surface area contributed by atoms with Crippen LogP contribution in [0.4, 0.5) is 4.79 Å². The first kappa shape index (κ1) is 12.6. The van der Waals surface area contributed by atoms with Gasteiger partial charge in [0.25, 0.3) is 0 Å². The maximum absolute atomic E-state index is 11.8. The quantitative estimate of drug-likeness (QED) is 0.814. The molecule has 0 bridgehead atoms. The second kappa shape index (κ2) is 5.64. The number of aliphatic hydroxyl groups excluding tert-OH is 1. The number of nitrogens with zero attached hydrogens (tertiary/aromatic N) is 2. The average Bonchev–Trinajstić information content (AvgIpc) is 2.78. The van der Waals surface area contributed by atoms with Gasteiger partial charge >= 0.3 is 6.09 Å². The summed E-state index contributed by atoms with van der Waals surface area (Å²) in [6.07, 6.45) is -1.07. The molecule has 1 aliphatic rings. The first-order chi connectivity index (χ1) is 8.70. The van der Waals surface area contributed by atoms with Crippen LogP contribution in [0.25, 0.3) is 0 Å². The van der Waals surface area contributed by atoms with E-state index in [1.807, 2.05) is 30.3 Å². The largest absolute Gasteiger partial charge is 0.445 e. The van der Waals surface area contributed by atoms with Crippen LogP contribution < -0.4 is 0 Å². The van der Waals surface area contributed by atoms with Gasteiger partial charge in [-0.15, -0.1) is 0 Å². The molecule has 0 unspecified atom stereocenters. The van der Waals surface area contributed by atoms with Gasteiger partial charge in [0.1, 0.15) is 6.61 Å². The number of likely N-dealkylation sites (tertiary alicyclic amines) is 1. The summed E-state index contributed by atoms with van der Waals surface area (Å²) in [4.78, 5) is 17.0. The molecular formula is C13H16N2O3. The third-order valence-electron chi connectivity index (χ3n) is 2.96. The molecule has 1 saturated heterocycles. The van der Waals surface area contributed by atoms with E-state index in [2.05, 4.69) is 11.7 Å². The molecule has 96 valence electrons. The lowest BCUT2D eigenvalue weighted by Gasteiger charge is -2.15. The summed E-state index contributed by atoms with van der Waals surface area (Å²) in [5, 5.41) is 9.61. The number of β-amino-alcohol motifs (C(OH)–C–C–N with tert-alkyl or cyclic N) is 1. The van der Waals surface area contributed by atoms with Gasteiger partial charge in [0, 0.05) is 6.54 Å².